The molecular formula is C17H26Cl2N2. The molecule has 118 valence electrons. The first kappa shape index (κ1) is 17.1. The van der Waals surface area contributed by atoms with Crippen LogP contribution in [0.3, 0.4) is 0 Å². The van der Waals surface area contributed by atoms with Crippen molar-refractivity contribution >= 4 is 23.2 Å². The van der Waals surface area contributed by atoms with Crippen LogP contribution in [0, 0.1) is 0 Å². The molecule has 0 spiro atoms. The van der Waals surface area contributed by atoms with E-state index in [2.05, 4.69) is 31.2 Å². The zero-order valence-electron chi connectivity index (χ0n) is 13.3. The summed E-state index contributed by atoms with van der Waals surface area (Å²) in [7, 11) is 4.37. The zero-order valence-corrected chi connectivity index (χ0v) is 14.8. The van der Waals surface area contributed by atoms with Crippen LogP contribution in [0.4, 0.5) is 0 Å². The van der Waals surface area contributed by atoms with Crippen molar-refractivity contribution in [1.29, 1.82) is 0 Å². The van der Waals surface area contributed by atoms with E-state index in [-0.39, 0.29) is 11.6 Å². The molecule has 1 N–H and O–H groups in total. The monoisotopic (exact) mass is 328 g/mol. The Bertz CT molecular complexity index is 468. The van der Waals surface area contributed by atoms with E-state index >= 15 is 0 Å². The van der Waals surface area contributed by atoms with Crippen LogP contribution in [0.15, 0.2) is 18.2 Å². The SMILES string of the molecule is CCCNC(c1cc(Cl)ccc1Cl)C1(N(C)C)CCCC1. The molecule has 1 saturated carbocycles. The van der Waals surface area contributed by atoms with Crippen molar-refractivity contribution in [3.63, 3.8) is 0 Å². The minimum absolute atomic E-state index is 0.128. The van der Waals surface area contributed by atoms with Crippen molar-refractivity contribution in [1.82, 2.24) is 10.2 Å². The van der Waals surface area contributed by atoms with Gasteiger partial charge in [-0.15, -0.1) is 0 Å². The lowest BCUT2D eigenvalue weighted by molar-refractivity contribution is 0.104. The summed E-state index contributed by atoms with van der Waals surface area (Å²) >= 11 is 12.7. The van der Waals surface area contributed by atoms with E-state index in [1.165, 1.54) is 25.7 Å². The van der Waals surface area contributed by atoms with E-state index in [0.717, 1.165) is 28.6 Å². The first-order valence-electron chi connectivity index (χ1n) is 7.87. The number of likely N-dealkylation sites (N-methyl/N-ethyl adjacent to an activating group) is 1. The van der Waals surface area contributed by atoms with Gasteiger partial charge in [0.1, 0.15) is 0 Å². The van der Waals surface area contributed by atoms with Gasteiger partial charge in [-0.3, -0.25) is 0 Å². The molecule has 2 nitrogen and oxygen atoms in total. The predicted octanol–water partition coefficient (Wildman–Crippen LogP) is 4.91. The highest BCUT2D eigenvalue weighted by Gasteiger charge is 2.44. The minimum atomic E-state index is 0.128. The molecule has 1 aliphatic carbocycles. The topological polar surface area (TPSA) is 15.3 Å². The Morgan fingerprint density at radius 1 is 1.24 bits per heavy atom. The molecule has 1 unspecified atom stereocenters. The smallest absolute Gasteiger partial charge is 0.0522 e. The van der Waals surface area contributed by atoms with Gasteiger partial charge >= 0.3 is 0 Å². The maximum absolute atomic E-state index is 6.50. The predicted molar refractivity (Wildman–Crippen MR) is 92.4 cm³/mol. The Labute approximate surface area is 138 Å². The Hall–Kier alpha value is -0.280. The molecule has 0 bridgehead atoms. The quantitative estimate of drug-likeness (QED) is 0.798. The second-order valence-electron chi connectivity index (χ2n) is 6.26. The summed E-state index contributed by atoms with van der Waals surface area (Å²) in [5.74, 6) is 0. The molecule has 0 heterocycles. The molecule has 4 heteroatoms. The van der Waals surface area contributed by atoms with E-state index in [1.807, 2.05) is 18.2 Å². The lowest BCUT2D eigenvalue weighted by Gasteiger charge is -2.44. The molecule has 1 aromatic carbocycles. The third-order valence-electron chi connectivity index (χ3n) is 4.76. The van der Waals surface area contributed by atoms with Crippen LogP contribution >= 0.6 is 23.2 Å². The molecule has 0 radical (unpaired) electrons. The third kappa shape index (κ3) is 3.56. The minimum Gasteiger partial charge on any atom is -0.308 e. The van der Waals surface area contributed by atoms with Crippen LogP contribution < -0.4 is 5.32 Å². The largest absolute Gasteiger partial charge is 0.308 e. The fourth-order valence-corrected chi connectivity index (χ4v) is 4.00. The zero-order chi connectivity index (χ0) is 15.5. The van der Waals surface area contributed by atoms with Crippen molar-refractivity contribution in [2.45, 2.75) is 50.6 Å². The molecule has 0 saturated heterocycles. The normalized spacial score (nSPS) is 19.1. The standard InChI is InChI=1S/C17H26Cl2N2/c1-4-11-20-16(14-12-13(18)7-8-15(14)19)17(21(2)3)9-5-6-10-17/h7-8,12,16,20H,4-6,9-11H2,1-3H3. The van der Waals surface area contributed by atoms with Crippen LogP contribution in [0.1, 0.15) is 50.6 Å². The lowest BCUT2D eigenvalue weighted by atomic mass is 9.82. The van der Waals surface area contributed by atoms with E-state index < -0.39 is 0 Å². The summed E-state index contributed by atoms with van der Waals surface area (Å²) in [5, 5.41) is 5.29. The number of rotatable bonds is 6. The Kier molecular flexibility index (Phi) is 5.96. The molecule has 2 rings (SSSR count). The number of hydrogen-bond donors (Lipinski definition) is 1. The number of halogens is 2. The molecule has 21 heavy (non-hydrogen) atoms. The Balaban J connectivity index is 2.44. The number of nitrogens with zero attached hydrogens (tertiary/aromatic N) is 1. The second kappa shape index (κ2) is 7.32. The van der Waals surface area contributed by atoms with E-state index in [0.29, 0.717) is 0 Å². The van der Waals surface area contributed by atoms with Gasteiger partial charge in [0.2, 0.25) is 0 Å². The summed E-state index contributed by atoms with van der Waals surface area (Å²) in [5.41, 5.74) is 1.26. The first-order chi connectivity index (χ1) is 10.0. The molecule has 0 amide bonds. The second-order valence-corrected chi connectivity index (χ2v) is 7.10. The molecule has 1 fully saturated rings. The van der Waals surface area contributed by atoms with Gasteiger partial charge in [-0.2, -0.15) is 0 Å². The van der Waals surface area contributed by atoms with Crippen LogP contribution in [-0.4, -0.2) is 31.1 Å². The molecular weight excluding hydrogens is 303 g/mol. The van der Waals surface area contributed by atoms with Crippen LogP contribution in [0.25, 0.3) is 0 Å². The van der Waals surface area contributed by atoms with Gasteiger partial charge in [-0.25, -0.2) is 0 Å². The Morgan fingerprint density at radius 3 is 2.48 bits per heavy atom. The number of nitrogens with one attached hydrogen (secondary N) is 1. The average Bonchev–Trinajstić information content (AvgIpc) is 2.93. The highest BCUT2D eigenvalue weighted by Crippen LogP contribution is 2.45. The fraction of sp³-hybridized carbons (Fsp3) is 0.647. The van der Waals surface area contributed by atoms with Gasteiger partial charge in [-0.1, -0.05) is 43.0 Å². The third-order valence-corrected chi connectivity index (χ3v) is 5.34. The van der Waals surface area contributed by atoms with Gasteiger partial charge in [0.15, 0.2) is 0 Å². The van der Waals surface area contributed by atoms with Crippen molar-refractivity contribution in [3.8, 4) is 0 Å². The summed E-state index contributed by atoms with van der Waals surface area (Å²) in [6, 6.07) is 6.03. The van der Waals surface area contributed by atoms with Gasteiger partial charge in [0.05, 0.1) is 6.04 Å². The Morgan fingerprint density at radius 2 is 1.90 bits per heavy atom. The molecule has 1 aliphatic rings. The van der Waals surface area contributed by atoms with Crippen LogP contribution in [0.2, 0.25) is 10.0 Å². The lowest BCUT2D eigenvalue weighted by Crippen LogP contribution is -2.52. The highest BCUT2D eigenvalue weighted by molar-refractivity contribution is 6.33. The van der Waals surface area contributed by atoms with Crippen LogP contribution in [-0.2, 0) is 0 Å². The molecule has 1 atom stereocenters. The number of hydrogen-bond acceptors (Lipinski definition) is 2. The summed E-state index contributed by atoms with van der Waals surface area (Å²) < 4.78 is 0. The summed E-state index contributed by atoms with van der Waals surface area (Å²) in [6.45, 7) is 3.18. The van der Waals surface area contributed by atoms with E-state index in [1.54, 1.807) is 0 Å². The molecule has 0 aromatic heterocycles. The van der Waals surface area contributed by atoms with Crippen molar-refractivity contribution in [3.05, 3.63) is 33.8 Å². The molecule has 0 aliphatic heterocycles. The van der Waals surface area contributed by atoms with Crippen LogP contribution in [0.5, 0.6) is 0 Å². The van der Waals surface area contributed by atoms with Gasteiger partial charge < -0.3 is 10.2 Å². The van der Waals surface area contributed by atoms with Crippen molar-refractivity contribution in [2.75, 3.05) is 20.6 Å². The van der Waals surface area contributed by atoms with E-state index in [9.17, 15) is 0 Å². The highest BCUT2D eigenvalue weighted by atomic mass is 35.5. The maximum Gasteiger partial charge on any atom is 0.0522 e. The fourth-order valence-electron chi connectivity index (χ4n) is 3.60. The van der Waals surface area contributed by atoms with Crippen molar-refractivity contribution in [2.24, 2.45) is 0 Å². The summed E-state index contributed by atoms with van der Waals surface area (Å²) in [6.07, 6.45) is 6.06. The van der Waals surface area contributed by atoms with E-state index in [4.69, 9.17) is 23.2 Å². The van der Waals surface area contributed by atoms with Gasteiger partial charge in [0.25, 0.3) is 0 Å². The first-order valence-corrected chi connectivity index (χ1v) is 8.62. The molecule has 1 aromatic rings. The summed E-state index contributed by atoms with van der Waals surface area (Å²) in [4.78, 5) is 2.38. The van der Waals surface area contributed by atoms with Crippen molar-refractivity contribution < 1.29 is 0 Å². The average molecular weight is 329 g/mol. The maximum atomic E-state index is 6.50. The number of benzene rings is 1. The van der Waals surface area contributed by atoms with Gasteiger partial charge in [-0.05, 0) is 63.7 Å². The van der Waals surface area contributed by atoms with Gasteiger partial charge in [0, 0.05) is 15.6 Å².